The molecule has 3 rings (SSSR count). The van der Waals surface area contributed by atoms with Crippen LogP contribution >= 0.6 is 0 Å². The van der Waals surface area contributed by atoms with Gasteiger partial charge in [-0.15, -0.1) is 0 Å². The summed E-state index contributed by atoms with van der Waals surface area (Å²) in [5, 5.41) is 22.9. The molecule has 0 amide bonds. The maximum atomic E-state index is 12.7. The highest BCUT2D eigenvalue weighted by molar-refractivity contribution is 5.92. The number of aryl methyl sites for hydroxylation is 1. The summed E-state index contributed by atoms with van der Waals surface area (Å²) in [5.74, 6) is -0.893. The van der Waals surface area contributed by atoms with Crippen molar-refractivity contribution in [3.8, 4) is 11.8 Å². The van der Waals surface area contributed by atoms with Crippen LogP contribution in [0.1, 0.15) is 32.9 Å². The molecule has 0 aliphatic carbocycles. The van der Waals surface area contributed by atoms with E-state index in [9.17, 15) is 20.0 Å². The number of furan rings is 1. The van der Waals surface area contributed by atoms with Gasteiger partial charge in [0.25, 0.3) is 5.56 Å². The minimum absolute atomic E-state index is 0.0645. The second-order valence-corrected chi connectivity index (χ2v) is 5.46. The third-order valence-corrected chi connectivity index (χ3v) is 3.65. The van der Waals surface area contributed by atoms with E-state index < -0.39 is 17.2 Å². The summed E-state index contributed by atoms with van der Waals surface area (Å²) in [4.78, 5) is 24.4. The van der Waals surface area contributed by atoms with Gasteiger partial charge in [0.15, 0.2) is 5.69 Å². The van der Waals surface area contributed by atoms with Crippen LogP contribution in [-0.4, -0.2) is 20.9 Å². The first-order valence-corrected chi connectivity index (χ1v) is 7.60. The minimum atomic E-state index is -1.35. The highest BCUT2D eigenvalue weighted by Crippen LogP contribution is 2.16. The number of nitriles is 1. The second-order valence-electron chi connectivity index (χ2n) is 5.46. The number of hydrogen-bond donors (Lipinski definition) is 1. The maximum absolute atomic E-state index is 12.7. The van der Waals surface area contributed by atoms with E-state index in [4.69, 9.17) is 4.42 Å². The van der Waals surface area contributed by atoms with Gasteiger partial charge in [0, 0.05) is 5.56 Å². The van der Waals surface area contributed by atoms with Crippen molar-refractivity contribution < 1.29 is 14.3 Å². The maximum Gasteiger partial charge on any atom is 0.357 e. The fourth-order valence-electron chi connectivity index (χ4n) is 2.45. The molecule has 0 spiro atoms. The highest BCUT2D eigenvalue weighted by atomic mass is 16.4. The van der Waals surface area contributed by atoms with Crippen molar-refractivity contribution in [2.75, 3.05) is 0 Å². The predicted octanol–water partition coefficient (Wildman–Crippen LogP) is 2.87. The van der Waals surface area contributed by atoms with Crippen LogP contribution in [0.5, 0.6) is 0 Å². The number of rotatable bonds is 4. The van der Waals surface area contributed by atoms with Crippen molar-refractivity contribution in [3.05, 3.63) is 81.2 Å². The lowest BCUT2D eigenvalue weighted by atomic mass is 10.1. The Hall–Kier alpha value is -3.92. The summed E-state index contributed by atoms with van der Waals surface area (Å²) >= 11 is 0. The van der Waals surface area contributed by atoms with Gasteiger partial charge in [-0.25, -0.2) is 4.79 Å². The molecule has 0 radical (unpaired) electrons. The zero-order chi connectivity index (χ0) is 18.7. The van der Waals surface area contributed by atoms with Crippen molar-refractivity contribution in [1.29, 1.82) is 5.26 Å². The number of aromatic carboxylic acids is 1. The molecule has 128 valence electrons. The van der Waals surface area contributed by atoms with Gasteiger partial charge in [0.1, 0.15) is 17.4 Å². The molecule has 0 bridgehead atoms. The Morgan fingerprint density at radius 2 is 2.12 bits per heavy atom. The first-order valence-electron chi connectivity index (χ1n) is 7.60. The molecule has 0 atom stereocenters. The molecule has 7 nitrogen and oxygen atoms in total. The number of carboxylic acids is 1. The van der Waals surface area contributed by atoms with Crippen LogP contribution in [0.4, 0.5) is 0 Å². The van der Waals surface area contributed by atoms with Crippen molar-refractivity contribution >= 4 is 18.1 Å². The fraction of sp³-hybridized carbons (Fsp3) is 0.0526. The third kappa shape index (κ3) is 3.16. The van der Waals surface area contributed by atoms with Crippen molar-refractivity contribution in [3.63, 3.8) is 0 Å². The number of carboxylic acid groups (broad SMARTS) is 1. The number of aromatic nitrogens is 2. The Morgan fingerprint density at radius 3 is 2.73 bits per heavy atom. The first kappa shape index (κ1) is 16.9. The van der Waals surface area contributed by atoms with Crippen molar-refractivity contribution in [2.24, 2.45) is 0 Å². The molecule has 7 heteroatoms. The Kier molecular flexibility index (Phi) is 4.50. The van der Waals surface area contributed by atoms with Crippen LogP contribution in [-0.2, 0) is 0 Å². The van der Waals surface area contributed by atoms with E-state index in [2.05, 4.69) is 5.10 Å². The quantitative estimate of drug-likeness (QED) is 0.777. The first-order chi connectivity index (χ1) is 12.5. The molecule has 0 saturated heterocycles. The van der Waals surface area contributed by atoms with Gasteiger partial charge in [-0.05, 0) is 48.9 Å². The van der Waals surface area contributed by atoms with E-state index in [1.165, 1.54) is 18.4 Å². The summed E-state index contributed by atoms with van der Waals surface area (Å²) in [6.07, 6.45) is 4.27. The molecule has 0 aliphatic heterocycles. The van der Waals surface area contributed by atoms with Crippen LogP contribution in [0.15, 0.2) is 51.9 Å². The molecule has 2 heterocycles. The van der Waals surface area contributed by atoms with Crippen LogP contribution in [0, 0.1) is 18.3 Å². The van der Waals surface area contributed by atoms with Crippen LogP contribution < -0.4 is 5.56 Å². The lowest BCUT2D eigenvalue weighted by Gasteiger charge is -2.10. The van der Waals surface area contributed by atoms with Gasteiger partial charge in [-0.2, -0.15) is 15.0 Å². The molecule has 26 heavy (non-hydrogen) atoms. The van der Waals surface area contributed by atoms with Gasteiger partial charge < -0.3 is 9.52 Å². The molecule has 2 aromatic heterocycles. The number of hydrogen-bond acceptors (Lipinski definition) is 5. The zero-order valence-corrected chi connectivity index (χ0v) is 13.7. The third-order valence-electron chi connectivity index (χ3n) is 3.65. The van der Waals surface area contributed by atoms with Crippen LogP contribution in [0.2, 0.25) is 0 Å². The van der Waals surface area contributed by atoms with Gasteiger partial charge in [0.05, 0.1) is 12.0 Å². The topological polar surface area (TPSA) is 109 Å². The van der Waals surface area contributed by atoms with Crippen LogP contribution in [0.3, 0.4) is 0 Å². The highest BCUT2D eigenvalue weighted by Gasteiger charge is 2.21. The van der Waals surface area contributed by atoms with Gasteiger partial charge in [-0.1, -0.05) is 12.1 Å². The summed E-state index contributed by atoms with van der Waals surface area (Å²) in [6.45, 7) is 1.83. The van der Waals surface area contributed by atoms with Crippen molar-refractivity contribution in [1.82, 2.24) is 9.78 Å². The fourth-order valence-corrected chi connectivity index (χ4v) is 2.45. The smallest absolute Gasteiger partial charge is 0.357 e. The molecule has 1 N–H and O–H groups in total. The molecule has 1 aromatic carbocycles. The van der Waals surface area contributed by atoms with E-state index in [0.29, 0.717) is 11.4 Å². The van der Waals surface area contributed by atoms with E-state index in [1.807, 2.05) is 13.0 Å². The van der Waals surface area contributed by atoms with Gasteiger partial charge in [0.2, 0.25) is 0 Å². The van der Waals surface area contributed by atoms with Gasteiger partial charge >= 0.3 is 5.97 Å². The molecule has 3 aromatic rings. The summed E-state index contributed by atoms with van der Waals surface area (Å²) in [7, 11) is 0. The second kappa shape index (κ2) is 6.91. The largest absolute Gasteiger partial charge is 0.476 e. The number of nitrogens with zero attached hydrogens (tertiary/aromatic N) is 3. The average Bonchev–Trinajstić information content (AvgIpc) is 3.13. The van der Waals surface area contributed by atoms with E-state index >= 15 is 0 Å². The Labute approximate surface area is 148 Å². The molecular weight excluding hydrogens is 334 g/mol. The Bertz CT molecular complexity index is 1100. The Balaban J connectivity index is 2.26. The monoisotopic (exact) mass is 347 g/mol. The molecule has 0 fully saturated rings. The minimum Gasteiger partial charge on any atom is -0.476 e. The molecule has 0 saturated carbocycles. The average molecular weight is 347 g/mol. The standard InChI is InChI=1S/C19H13N3O4/c1-12-4-2-5-13(10-12)22-18(23)16(11-20)15(17(21-22)19(24)25)8-7-14-6-3-9-26-14/h2-10H,1H3,(H,24,25)/b8-7+. The predicted molar refractivity (Wildman–Crippen MR) is 93.9 cm³/mol. The SMILES string of the molecule is Cc1cccc(-n2nc(C(=O)O)c(/C=C/c3ccco3)c(C#N)c2=O)c1. The summed E-state index contributed by atoms with van der Waals surface area (Å²) in [5.41, 5.74) is -0.205. The number of benzene rings is 1. The summed E-state index contributed by atoms with van der Waals surface area (Å²) in [6, 6.07) is 12.0. The molecule has 0 aliphatic rings. The summed E-state index contributed by atoms with van der Waals surface area (Å²) < 4.78 is 6.07. The molecule has 0 unspecified atom stereocenters. The van der Waals surface area contributed by atoms with E-state index in [0.717, 1.165) is 10.2 Å². The van der Waals surface area contributed by atoms with E-state index in [1.54, 1.807) is 36.4 Å². The lowest BCUT2D eigenvalue weighted by molar-refractivity contribution is 0.0688. The van der Waals surface area contributed by atoms with Crippen LogP contribution in [0.25, 0.3) is 17.8 Å². The normalized spacial score (nSPS) is 10.8. The lowest BCUT2D eigenvalue weighted by Crippen LogP contribution is -2.28. The number of carbonyl (C=O) groups is 1. The zero-order valence-electron chi connectivity index (χ0n) is 13.7. The Morgan fingerprint density at radius 1 is 1.31 bits per heavy atom. The molecular formula is C19H13N3O4. The van der Waals surface area contributed by atoms with Gasteiger partial charge in [-0.3, -0.25) is 4.79 Å². The van der Waals surface area contributed by atoms with Crippen molar-refractivity contribution in [2.45, 2.75) is 6.92 Å². The van der Waals surface area contributed by atoms with E-state index in [-0.39, 0.29) is 11.1 Å².